The number of carbonyl (C=O) groups is 3. The van der Waals surface area contributed by atoms with Crippen LogP contribution in [0.4, 0.5) is 5.13 Å². The van der Waals surface area contributed by atoms with Crippen LogP contribution >= 0.6 is 11.3 Å². The van der Waals surface area contributed by atoms with Gasteiger partial charge in [0.25, 0.3) is 5.91 Å². The van der Waals surface area contributed by atoms with Gasteiger partial charge in [-0.1, -0.05) is 11.3 Å². The first kappa shape index (κ1) is 13.8. The molecule has 8 nitrogen and oxygen atoms in total. The van der Waals surface area contributed by atoms with Gasteiger partial charge in [0.15, 0.2) is 6.61 Å². The number of esters is 2. The van der Waals surface area contributed by atoms with E-state index in [2.05, 4.69) is 25.0 Å². The number of nitrogens with one attached hydrogen (secondary N) is 1. The molecule has 0 bridgehead atoms. The highest BCUT2D eigenvalue weighted by Gasteiger charge is 2.07. The number of hydrogen-bond donors (Lipinski definition) is 1. The van der Waals surface area contributed by atoms with Crippen LogP contribution in [0.15, 0.2) is 17.7 Å². The van der Waals surface area contributed by atoms with Crippen LogP contribution in [0.3, 0.4) is 0 Å². The first-order valence-electron chi connectivity index (χ1n) is 4.60. The Hall–Kier alpha value is -2.29. The van der Waals surface area contributed by atoms with Crippen molar-refractivity contribution in [3.63, 3.8) is 0 Å². The Kier molecular flexibility index (Phi) is 5.45. The van der Waals surface area contributed by atoms with Crippen molar-refractivity contribution < 1.29 is 23.9 Å². The van der Waals surface area contributed by atoms with Gasteiger partial charge in [0.1, 0.15) is 5.51 Å². The molecule has 0 radical (unpaired) electrons. The lowest BCUT2D eigenvalue weighted by Gasteiger charge is -2.01. The number of methoxy groups -OCH3 is 1. The molecule has 1 amide bonds. The minimum atomic E-state index is -0.826. The van der Waals surface area contributed by atoms with Crippen LogP contribution < -0.4 is 5.32 Å². The lowest BCUT2D eigenvalue weighted by atomic mass is 10.5. The van der Waals surface area contributed by atoms with Gasteiger partial charge >= 0.3 is 11.9 Å². The summed E-state index contributed by atoms with van der Waals surface area (Å²) in [6.45, 7) is -0.482. The molecular formula is C9H9N3O5S. The molecule has 0 aliphatic rings. The molecule has 96 valence electrons. The van der Waals surface area contributed by atoms with Gasteiger partial charge in [-0.2, -0.15) is 0 Å². The average Bonchev–Trinajstić information content (AvgIpc) is 2.86. The summed E-state index contributed by atoms with van der Waals surface area (Å²) in [5, 5.41) is 9.76. The fourth-order valence-corrected chi connectivity index (χ4v) is 1.23. The second-order valence-corrected chi connectivity index (χ2v) is 3.59. The first-order chi connectivity index (χ1) is 8.61. The maximum Gasteiger partial charge on any atom is 0.331 e. The quantitative estimate of drug-likeness (QED) is 0.581. The Bertz CT molecular complexity index is 457. The molecule has 18 heavy (non-hydrogen) atoms. The van der Waals surface area contributed by atoms with Crippen molar-refractivity contribution >= 4 is 34.3 Å². The number of ether oxygens (including phenoxy) is 2. The van der Waals surface area contributed by atoms with Crippen LogP contribution in [0, 0.1) is 0 Å². The highest BCUT2D eigenvalue weighted by Crippen LogP contribution is 2.07. The lowest BCUT2D eigenvalue weighted by molar-refractivity contribution is -0.142. The van der Waals surface area contributed by atoms with Gasteiger partial charge in [0, 0.05) is 12.2 Å². The number of nitrogens with zero attached hydrogens (tertiary/aromatic N) is 2. The summed E-state index contributed by atoms with van der Waals surface area (Å²) < 4.78 is 8.83. The average molecular weight is 271 g/mol. The number of aromatic nitrogens is 2. The number of carbonyl (C=O) groups excluding carboxylic acids is 3. The van der Waals surface area contributed by atoms with Crippen molar-refractivity contribution in [2.24, 2.45) is 0 Å². The SMILES string of the molecule is COC(=O)/C=C/C(=O)OCC(=O)Nc1nncs1. The summed E-state index contributed by atoms with van der Waals surface area (Å²) >= 11 is 1.13. The summed E-state index contributed by atoms with van der Waals surface area (Å²) in [6, 6.07) is 0. The second kappa shape index (κ2) is 7.12. The molecule has 1 heterocycles. The molecule has 0 saturated heterocycles. The van der Waals surface area contributed by atoms with Crippen molar-refractivity contribution in [1.82, 2.24) is 10.2 Å². The van der Waals surface area contributed by atoms with Crippen molar-refractivity contribution in [2.75, 3.05) is 19.0 Å². The highest BCUT2D eigenvalue weighted by atomic mass is 32.1. The predicted octanol–water partition coefficient (Wildman–Crippen LogP) is -0.251. The Balaban J connectivity index is 2.28. The first-order valence-corrected chi connectivity index (χ1v) is 5.48. The van der Waals surface area contributed by atoms with Gasteiger partial charge in [0.05, 0.1) is 7.11 Å². The molecule has 1 aromatic rings. The van der Waals surface area contributed by atoms with E-state index in [4.69, 9.17) is 0 Å². The minimum Gasteiger partial charge on any atom is -0.466 e. The third kappa shape index (κ3) is 5.16. The van der Waals surface area contributed by atoms with Crippen molar-refractivity contribution in [3.05, 3.63) is 17.7 Å². The van der Waals surface area contributed by atoms with E-state index in [1.165, 1.54) is 12.6 Å². The number of amides is 1. The van der Waals surface area contributed by atoms with Crippen LogP contribution in [0.25, 0.3) is 0 Å². The third-order valence-electron chi connectivity index (χ3n) is 1.51. The molecule has 0 fully saturated rings. The molecule has 0 unspecified atom stereocenters. The molecule has 1 N–H and O–H groups in total. The molecule has 1 aromatic heterocycles. The van der Waals surface area contributed by atoms with E-state index in [9.17, 15) is 14.4 Å². The zero-order chi connectivity index (χ0) is 13.4. The zero-order valence-corrected chi connectivity index (χ0v) is 10.1. The normalized spacial score (nSPS) is 10.1. The van der Waals surface area contributed by atoms with Crippen LogP contribution in [0.2, 0.25) is 0 Å². The van der Waals surface area contributed by atoms with Gasteiger partial charge < -0.3 is 9.47 Å². The van der Waals surface area contributed by atoms with Crippen LogP contribution in [0.1, 0.15) is 0 Å². The Morgan fingerprint density at radius 3 is 2.72 bits per heavy atom. The Morgan fingerprint density at radius 1 is 1.39 bits per heavy atom. The Morgan fingerprint density at radius 2 is 2.11 bits per heavy atom. The van der Waals surface area contributed by atoms with E-state index in [0.717, 1.165) is 23.5 Å². The van der Waals surface area contributed by atoms with Crippen LogP contribution in [0.5, 0.6) is 0 Å². The van der Waals surface area contributed by atoms with E-state index in [-0.39, 0.29) is 0 Å². The van der Waals surface area contributed by atoms with E-state index < -0.39 is 24.5 Å². The standard InChI is InChI=1S/C9H9N3O5S/c1-16-7(14)2-3-8(15)17-4-6(13)11-9-12-10-5-18-9/h2-3,5H,4H2,1H3,(H,11,12,13)/b3-2+. The summed E-state index contributed by atoms with van der Waals surface area (Å²) in [5.41, 5.74) is 1.45. The van der Waals surface area contributed by atoms with Crippen molar-refractivity contribution in [1.29, 1.82) is 0 Å². The van der Waals surface area contributed by atoms with E-state index in [1.54, 1.807) is 0 Å². The third-order valence-corrected chi connectivity index (χ3v) is 2.12. The smallest absolute Gasteiger partial charge is 0.331 e. The van der Waals surface area contributed by atoms with E-state index in [0.29, 0.717) is 5.13 Å². The Labute approximate surface area is 106 Å². The lowest BCUT2D eigenvalue weighted by Crippen LogP contribution is -2.20. The molecular weight excluding hydrogens is 262 g/mol. The molecule has 0 aliphatic carbocycles. The fourth-order valence-electron chi connectivity index (χ4n) is 0.772. The van der Waals surface area contributed by atoms with Gasteiger partial charge in [-0.15, -0.1) is 10.2 Å². The maximum absolute atomic E-state index is 11.2. The minimum absolute atomic E-state index is 0.307. The van der Waals surface area contributed by atoms with Gasteiger partial charge in [-0.3, -0.25) is 10.1 Å². The number of hydrogen-bond acceptors (Lipinski definition) is 8. The summed E-state index contributed by atoms with van der Waals surface area (Å²) in [5.74, 6) is -2.07. The maximum atomic E-state index is 11.2. The molecule has 0 spiro atoms. The molecule has 9 heteroatoms. The molecule has 0 atom stereocenters. The largest absolute Gasteiger partial charge is 0.466 e. The monoisotopic (exact) mass is 271 g/mol. The van der Waals surface area contributed by atoms with Crippen molar-refractivity contribution in [3.8, 4) is 0 Å². The molecule has 0 aliphatic heterocycles. The van der Waals surface area contributed by atoms with Crippen LogP contribution in [-0.2, 0) is 23.9 Å². The van der Waals surface area contributed by atoms with Gasteiger partial charge in [-0.25, -0.2) is 9.59 Å². The molecule has 0 aromatic carbocycles. The highest BCUT2D eigenvalue weighted by molar-refractivity contribution is 7.13. The molecule has 0 saturated carbocycles. The van der Waals surface area contributed by atoms with E-state index in [1.807, 2.05) is 0 Å². The molecule has 1 rings (SSSR count). The van der Waals surface area contributed by atoms with Gasteiger partial charge in [-0.05, 0) is 0 Å². The zero-order valence-electron chi connectivity index (χ0n) is 9.28. The number of rotatable bonds is 5. The van der Waals surface area contributed by atoms with Gasteiger partial charge in [0.2, 0.25) is 5.13 Å². The van der Waals surface area contributed by atoms with E-state index >= 15 is 0 Å². The fraction of sp³-hybridized carbons (Fsp3) is 0.222. The second-order valence-electron chi connectivity index (χ2n) is 2.76. The topological polar surface area (TPSA) is 107 Å². The summed E-state index contributed by atoms with van der Waals surface area (Å²) in [7, 11) is 1.17. The summed E-state index contributed by atoms with van der Waals surface area (Å²) in [4.78, 5) is 32.9. The van der Waals surface area contributed by atoms with Crippen LogP contribution in [-0.4, -0.2) is 41.8 Å². The summed E-state index contributed by atoms with van der Waals surface area (Å²) in [6.07, 6.45) is 1.76. The van der Waals surface area contributed by atoms with Crippen molar-refractivity contribution in [2.45, 2.75) is 0 Å². The predicted molar refractivity (Wildman–Crippen MR) is 60.7 cm³/mol. The number of anilines is 1.